The molecule has 4 rings (SSSR count). The molecule has 1 aliphatic carbocycles. The molecule has 2 N–H and O–H groups in total. The van der Waals surface area contributed by atoms with Crippen molar-refractivity contribution in [3.63, 3.8) is 0 Å². The minimum absolute atomic E-state index is 0.169. The summed E-state index contributed by atoms with van der Waals surface area (Å²) >= 11 is 6.15. The lowest BCUT2D eigenvalue weighted by Gasteiger charge is -2.39. The second kappa shape index (κ2) is 8.73. The fraction of sp³-hybridized carbons (Fsp3) is 0.684. The molecule has 2 aliphatic rings. The molecule has 8 heteroatoms. The molecule has 2 aromatic heterocycles. The van der Waals surface area contributed by atoms with Crippen molar-refractivity contribution in [2.75, 3.05) is 38.2 Å². The highest BCUT2D eigenvalue weighted by Crippen LogP contribution is 2.29. The predicted octanol–water partition coefficient (Wildman–Crippen LogP) is 2.52. The summed E-state index contributed by atoms with van der Waals surface area (Å²) in [6, 6.07) is 3.04. The van der Waals surface area contributed by atoms with Crippen LogP contribution in [0.1, 0.15) is 32.1 Å². The molecular weight excluding hydrogens is 366 g/mol. The molecule has 1 saturated carbocycles. The van der Waals surface area contributed by atoms with Crippen LogP contribution >= 0.6 is 11.6 Å². The first kappa shape index (κ1) is 18.9. The molecule has 0 radical (unpaired) electrons. The number of morpholine rings is 1. The van der Waals surface area contributed by atoms with Crippen LogP contribution in [0.2, 0.25) is 5.28 Å². The van der Waals surface area contributed by atoms with E-state index >= 15 is 0 Å². The minimum atomic E-state index is 0.169. The van der Waals surface area contributed by atoms with E-state index in [2.05, 4.69) is 24.8 Å². The van der Waals surface area contributed by atoms with Gasteiger partial charge in [-0.1, -0.05) is 0 Å². The number of rotatable bonds is 6. The Morgan fingerprint density at radius 1 is 1.19 bits per heavy atom. The molecule has 0 unspecified atom stereocenters. The van der Waals surface area contributed by atoms with Gasteiger partial charge in [0.2, 0.25) is 5.28 Å². The van der Waals surface area contributed by atoms with Gasteiger partial charge in [0.1, 0.15) is 5.52 Å². The third-order valence-electron chi connectivity index (χ3n) is 5.74. The number of aliphatic hydroxyl groups excluding tert-OH is 1. The van der Waals surface area contributed by atoms with Crippen molar-refractivity contribution in [2.24, 2.45) is 0 Å². The lowest BCUT2D eigenvalue weighted by Crippen LogP contribution is -2.46. The molecule has 148 valence electrons. The lowest BCUT2D eigenvalue weighted by atomic mass is 9.90. The van der Waals surface area contributed by atoms with Gasteiger partial charge in [0.25, 0.3) is 0 Å². The van der Waals surface area contributed by atoms with Gasteiger partial charge in [0.15, 0.2) is 5.82 Å². The number of nitrogens with one attached hydrogen (secondary N) is 1. The van der Waals surface area contributed by atoms with E-state index in [-0.39, 0.29) is 11.9 Å². The number of ether oxygens (including phenoxy) is 1. The number of fused-ring (bicyclic) bond motifs is 1. The highest BCUT2D eigenvalue weighted by Gasteiger charge is 2.27. The highest BCUT2D eigenvalue weighted by atomic mass is 35.5. The van der Waals surface area contributed by atoms with Gasteiger partial charge < -0.3 is 19.7 Å². The van der Waals surface area contributed by atoms with Gasteiger partial charge in [-0.05, 0) is 49.8 Å². The number of anilines is 1. The topological polar surface area (TPSA) is 75.4 Å². The fourth-order valence-electron chi connectivity index (χ4n) is 4.33. The minimum Gasteiger partial charge on any atom is -0.396 e. The van der Waals surface area contributed by atoms with Crippen LogP contribution in [0.25, 0.3) is 11.0 Å². The maximum absolute atomic E-state index is 9.15. The van der Waals surface area contributed by atoms with Gasteiger partial charge in [-0.3, -0.25) is 4.90 Å². The number of halogens is 1. The maximum atomic E-state index is 9.15. The van der Waals surface area contributed by atoms with E-state index in [0.717, 1.165) is 62.5 Å². The molecule has 0 amide bonds. The van der Waals surface area contributed by atoms with Crippen molar-refractivity contribution in [1.82, 2.24) is 19.4 Å². The quantitative estimate of drug-likeness (QED) is 0.734. The smallest absolute Gasteiger partial charge is 0.225 e. The zero-order chi connectivity index (χ0) is 18.6. The summed E-state index contributed by atoms with van der Waals surface area (Å²) in [6.07, 6.45) is 7.35. The van der Waals surface area contributed by atoms with Crippen molar-refractivity contribution >= 4 is 28.5 Å². The van der Waals surface area contributed by atoms with E-state index in [0.29, 0.717) is 18.5 Å². The number of aliphatic hydroxyl groups is 1. The van der Waals surface area contributed by atoms with Crippen molar-refractivity contribution in [1.29, 1.82) is 0 Å². The first-order valence-electron chi connectivity index (χ1n) is 9.96. The SMILES string of the molecule is OCCCn1ccc2nc(Cl)nc(NC3CCC(N4CCOCC4)CC3)c21. The third kappa shape index (κ3) is 4.37. The molecular formula is C19H28ClN5O2. The van der Waals surface area contributed by atoms with E-state index in [4.69, 9.17) is 21.4 Å². The molecule has 0 bridgehead atoms. The highest BCUT2D eigenvalue weighted by molar-refractivity contribution is 6.28. The molecule has 27 heavy (non-hydrogen) atoms. The number of aryl methyl sites for hydroxylation is 1. The zero-order valence-electron chi connectivity index (χ0n) is 15.6. The largest absolute Gasteiger partial charge is 0.396 e. The number of nitrogens with zero attached hydrogens (tertiary/aromatic N) is 4. The Morgan fingerprint density at radius 3 is 2.70 bits per heavy atom. The third-order valence-corrected chi connectivity index (χ3v) is 5.91. The Kier molecular flexibility index (Phi) is 6.12. The Balaban J connectivity index is 1.44. The van der Waals surface area contributed by atoms with Crippen molar-refractivity contribution in [2.45, 2.75) is 50.7 Å². The van der Waals surface area contributed by atoms with E-state index in [9.17, 15) is 0 Å². The molecule has 1 saturated heterocycles. The fourth-order valence-corrected chi connectivity index (χ4v) is 4.50. The van der Waals surface area contributed by atoms with E-state index in [1.54, 1.807) is 0 Å². The van der Waals surface area contributed by atoms with Crippen LogP contribution in [0.15, 0.2) is 12.3 Å². The Labute approximate surface area is 164 Å². The van der Waals surface area contributed by atoms with Crippen molar-refractivity contribution in [3.8, 4) is 0 Å². The van der Waals surface area contributed by atoms with Crippen LogP contribution in [-0.4, -0.2) is 69.5 Å². The Bertz CT molecular complexity index is 754. The summed E-state index contributed by atoms with van der Waals surface area (Å²) in [5, 5.41) is 13.1. The first-order valence-corrected chi connectivity index (χ1v) is 10.3. The Hall–Kier alpha value is -1.41. The molecule has 0 atom stereocenters. The summed E-state index contributed by atoms with van der Waals surface area (Å²) in [5.74, 6) is 0.808. The number of hydrogen-bond acceptors (Lipinski definition) is 6. The van der Waals surface area contributed by atoms with Gasteiger partial charge in [0, 0.05) is 44.5 Å². The van der Waals surface area contributed by atoms with Crippen molar-refractivity contribution < 1.29 is 9.84 Å². The van der Waals surface area contributed by atoms with Gasteiger partial charge in [-0.15, -0.1) is 0 Å². The van der Waals surface area contributed by atoms with Gasteiger partial charge in [0.05, 0.1) is 18.7 Å². The van der Waals surface area contributed by atoms with Crippen LogP contribution in [0.3, 0.4) is 0 Å². The standard InChI is InChI=1S/C19H28ClN5O2/c20-19-22-16-6-8-25(7-1-11-26)17(16)18(23-19)21-14-2-4-15(5-3-14)24-9-12-27-13-10-24/h6,8,14-15,26H,1-5,7,9-13H2,(H,21,22,23). The summed E-state index contributed by atoms with van der Waals surface area (Å²) < 4.78 is 7.58. The molecule has 2 aromatic rings. The zero-order valence-corrected chi connectivity index (χ0v) is 16.4. The van der Waals surface area contributed by atoms with Crippen molar-refractivity contribution in [3.05, 3.63) is 17.5 Å². The second-order valence-electron chi connectivity index (χ2n) is 7.46. The summed E-state index contributed by atoms with van der Waals surface area (Å²) in [5.41, 5.74) is 1.82. The molecule has 3 heterocycles. The van der Waals surface area contributed by atoms with Crippen LogP contribution < -0.4 is 5.32 Å². The average Bonchev–Trinajstić information content (AvgIpc) is 3.10. The number of aromatic nitrogens is 3. The maximum Gasteiger partial charge on any atom is 0.225 e. The second-order valence-corrected chi connectivity index (χ2v) is 7.80. The van der Waals surface area contributed by atoms with Crippen LogP contribution in [0, 0.1) is 0 Å². The first-order chi connectivity index (χ1) is 13.2. The molecule has 2 fully saturated rings. The van der Waals surface area contributed by atoms with E-state index in [1.165, 1.54) is 12.8 Å². The van der Waals surface area contributed by atoms with Crippen LogP contribution in [-0.2, 0) is 11.3 Å². The van der Waals surface area contributed by atoms with Gasteiger partial charge in [-0.2, -0.15) is 4.98 Å². The van der Waals surface area contributed by atoms with Crippen LogP contribution in [0.5, 0.6) is 0 Å². The molecule has 7 nitrogen and oxygen atoms in total. The summed E-state index contributed by atoms with van der Waals surface area (Å²) in [7, 11) is 0. The normalized spacial score (nSPS) is 24.4. The molecule has 0 aromatic carbocycles. The monoisotopic (exact) mass is 393 g/mol. The average molecular weight is 394 g/mol. The summed E-state index contributed by atoms with van der Waals surface area (Å²) in [6.45, 7) is 4.75. The molecule has 0 spiro atoms. The van der Waals surface area contributed by atoms with Gasteiger partial charge >= 0.3 is 0 Å². The van der Waals surface area contributed by atoms with E-state index in [1.807, 2.05) is 12.3 Å². The summed E-state index contributed by atoms with van der Waals surface area (Å²) in [4.78, 5) is 11.4. The molecule has 1 aliphatic heterocycles. The van der Waals surface area contributed by atoms with Gasteiger partial charge in [-0.25, -0.2) is 4.98 Å². The Morgan fingerprint density at radius 2 is 1.96 bits per heavy atom. The van der Waals surface area contributed by atoms with E-state index < -0.39 is 0 Å². The lowest BCUT2D eigenvalue weighted by molar-refractivity contribution is 0.00791. The van der Waals surface area contributed by atoms with Crippen LogP contribution in [0.4, 0.5) is 5.82 Å². The number of hydrogen-bond donors (Lipinski definition) is 2. The predicted molar refractivity (Wildman–Crippen MR) is 106 cm³/mol.